The summed E-state index contributed by atoms with van der Waals surface area (Å²) in [6, 6.07) is 6.74. The highest BCUT2D eigenvalue weighted by Crippen LogP contribution is 2.15. The average Bonchev–Trinajstić information content (AvgIpc) is 2.70. The van der Waals surface area contributed by atoms with E-state index in [4.69, 9.17) is 4.18 Å². The lowest BCUT2D eigenvalue weighted by molar-refractivity contribution is -0.140. The number of carbonyl (C=O) groups is 1. The number of esters is 1. The molecular formula is C23H38O5S. The first-order valence-corrected chi connectivity index (χ1v) is 12.4. The lowest BCUT2D eigenvalue weighted by Gasteiger charge is -2.06. The van der Waals surface area contributed by atoms with Gasteiger partial charge in [0.05, 0.1) is 18.6 Å². The van der Waals surface area contributed by atoms with Crippen molar-refractivity contribution in [2.75, 3.05) is 13.7 Å². The number of aryl methyl sites for hydroxylation is 1. The summed E-state index contributed by atoms with van der Waals surface area (Å²) in [4.78, 5) is 11.2. The fourth-order valence-corrected chi connectivity index (χ4v) is 4.13. The number of hydrogen-bond donors (Lipinski definition) is 0. The molecule has 1 aromatic carbocycles. The van der Waals surface area contributed by atoms with Gasteiger partial charge in [0.15, 0.2) is 0 Å². The van der Waals surface area contributed by atoms with Gasteiger partial charge >= 0.3 is 5.97 Å². The SMILES string of the molecule is COC(=O)CCCCCCCCCCCCCCOS(=O)(=O)c1ccc(C)cc1. The van der Waals surface area contributed by atoms with E-state index in [1.165, 1.54) is 52.1 Å². The van der Waals surface area contributed by atoms with Crippen LogP contribution in [0.3, 0.4) is 0 Å². The number of methoxy groups -OCH3 is 1. The molecule has 0 aliphatic carbocycles. The zero-order valence-corrected chi connectivity index (χ0v) is 19.0. The molecule has 0 spiro atoms. The minimum Gasteiger partial charge on any atom is -0.469 e. The van der Waals surface area contributed by atoms with Crippen LogP contribution in [0.25, 0.3) is 0 Å². The summed E-state index contributed by atoms with van der Waals surface area (Å²) in [5, 5.41) is 0. The average molecular weight is 427 g/mol. The van der Waals surface area contributed by atoms with Crippen LogP contribution in [0.15, 0.2) is 29.2 Å². The van der Waals surface area contributed by atoms with Crippen LogP contribution in [-0.2, 0) is 23.8 Å². The van der Waals surface area contributed by atoms with Crippen molar-refractivity contribution >= 4 is 16.1 Å². The fraction of sp³-hybridized carbons (Fsp3) is 0.696. The van der Waals surface area contributed by atoms with E-state index in [1.54, 1.807) is 24.3 Å². The first-order valence-electron chi connectivity index (χ1n) is 11.0. The van der Waals surface area contributed by atoms with Gasteiger partial charge < -0.3 is 4.74 Å². The van der Waals surface area contributed by atoms with Crippen LogP contribution in [0, 0.1) is 6.92 Å². The summed E-state index contributed by atoms with van der Waals surface area (Å²) in [6.45, 7) is 2.18. The van der Waals surface area contributed by atoms with Gasteiger partial charge in [-0.15, -0.1) is 0 Å². The first-order chi connectivity index (χ1) is 14.0. The van der Waals surface area contributed by atoms with Crippen LogP contribution >= 0.6 is 0 Å². The minimum absolute atomic E-state index is 0.107. The van der Waals surface area contributed by atoms with Crippen molar-refractivity contribution < 1.29 is 22.1 Å². The predicted molar refractivity (Wildman–Crippen MR) is 116 cm³/mol. The van der Waals surface area contributed by atoms with E-state index in [9.17, 15) is 13.2 Å². The molecule has 0 radical (unpaired) electrons. The van der Waals surface area contributed by atoms with Gasteiger partial charge in [-0.1, -0.05) is 81.9 Å². The predicted octanol–water partition coefficient (Wildman–Crippen LogP) is 5.94. The molecule has 0 unspecified atom stereocenters. The third kappa shape index (κ3) is 12.7. The van der Waals surface area contributed by atoms with E-state index in [1.807, 2.05) is 6.92 Å². The molecule has 1 rings (SSSR count). The fourth-order valence-electron chi connectivity index (χ4n) is 3.18. The Morgan fingerprint density at radius 3 is 1.69 bits per heavy atom. The van der Waals surface area contributed by atoms with E-state index in [-0.39, 0.29) is 17.5 Å². The molecular weight excluding hydrogens is 388 g/mol. The summed E-state index contributed by atoms with van der Waals surface area (Å²) in [6.07, 6.45) is 14.2. The Morgan fingerprint density at radius 2 is 1.21 bits per heavy atom. The highest BCUT2D eigenvalue weighted by atomic mass is 32.2. The number of benzene rings is 1. The van der Waals surface area contributed by atoms with Crippen molar-refractivity contribution in [2.24, 2.45) is 0 Å². The van der Waals surface area contributed by atoms with Crippen molar-refractivity contribution in [3.63, 3.8) is 0 Å². The summed E-state index contributed by atoms with van der Waals surface area (Å²) in [7, 11) is -2.18. The molecule has 0 fully saturated rings. The third-order valence-electron chi connectivity index (χ3n) is 5.05. The molecule has 0 N–H and O–H groups in total. The Morgan fingerprint density at radius 1 is 0.759 bits per heavy atom. The second kappa shape index (κ2) is 15.4. The van der Waals surface area contributed by atoms with Gasteiger partial charge in [0, 0.05) is 6.42 Å². The molecule has 6 heteroatoms. The van der Waals surface area contributed by atoms with Gasteiger partial charge in [-0.25, -0.2) is 0 Å². The molecule has 0 saturated carbocycles. The number of rotatable bonds is 17. The molecule has 0 saturated heterocycles. The molecule has 0 heterocycles. The normalized spacial score (nSPS) is 11.5. The topological polar surface area (TPSA) is 69.7 Å². The highest BCUT2D eigenvalue weighted by molar-refractivity contribution is 7.86. The molecule has 0 atom stereocenters. The monoisotopic (exact) mass is 426 g/mol. The number of ether oxygens (including phenoxy) is 1. The highest BCUT2D eigenvalue weighted by Gasteiger charge is 2.14. The van der Waals surface area contributed by atoms with E-state index >= 15 is 0 Å². The van der Waals surface area contributed by atoms with E-state index in [0.29, 0.717) is 6.42 Å². The molecule has 0 bridgehead atoms. The second-order valence-electron chi connectivity index (χ2n) is 7.66. The van der Waals surface area contributed by atoms with Gasteiger partial charge in [0.25, 0.3) is 10.1 Å². The van der Waals surface area contributed by atoms with Crippen LogP contribution in [0.2, 0.25) is 0 Å². The van der Waals surface area contributed by atoms with Gasteiger partial charge in [-0.3, -0.25) is 8.98 Å². The molecule has 1 aromatic rings. The number of carbonyl (C=O) groups excluding carboxylic acids is 1. The van der Waals surface area contributed by atoms with Gasteiger partial charge in [-0.05, 0) is 31.9 Å². The first kappa shape index (κ1) is 25.6. The van der Waals surface area contributed by atoms with Crippen LogP contribution in [-0.4, -0.2) is 28.1 Å². The second-order valence-corrected chi connectivity index (χ2v) is 9.27. The molecule has 0 amide bonds. The number of hydrogen-bond acceptors (Lipinski definition) is 5. The maximum absolute atomic E-state index is 12.1. The van der Waals surface area contributed by atoms with E-state index in [2.05, 4.69) is 4.74 Å². The van der Waals surface area contributed by atoms with Crippen molar-refractivity contribution in [1.82, 2.24) is 0 Å². The summed E-state index contributed by atoms with van der Waals surface area (Å²) in [5.41, 5.74) is 1.03. The standard InChI is InChI=1S/C23H38O5S/c1-21-16-18-22(19-17-21)29(25,26)28-20-14-12-10-8-6-4-3-5-7-9-11-13-15-23(24)27-2/h16-19H,3-15,20H2,1-2H3. The van der Waals surface area contributed by atoms with Crippen LogP contribution < -0.4 is 0 Å². The zero-order chi connectivity index (χ0) is 21.4. The Kier molecular flexibility index (Phi) is 13.7. The smallest absolute Gasteiger partial charge is 0.305 e. The minimum atomic E-state index is -3.62. The lowest BCUT2D eigenvalue weighted by atomic mass is 10.0. The summed E-state index contributed by atoms with van der Waals surface area (Å²) >= 11 is 0. The Hall–Kier alpha value is -1.40. The lowest BCUT2D eigenvalue weighted by Crippen LogP contribution is -2.07. The van der Waals surface area contributed by atoms with Crippen molar-refractivity contribution in [2.45, 2.75) is 95.3 Å². The third-order valence-corrected chi connectivity index (χ3v) is 6.38. The number of unbranched alkanes of at least 4 members (excludes halogenated alkanes) is 11. The van der Waals surface area contributed by atoms with Crippen molar-refractivity contribution in [3.05, 3.63) is 29.8 Å². The van der Waals surface area contributed by atoms with E-state index in [0.717, 1.165) is 37.7 Å². The van der Waals surface area contributed by atoms with Crippen molar-refractivity contribution in [1.29, 1.82) is 0 Å². The molecule has 0 aromatic heterocycles. The maximum Gasteiger partial charge on any atom is 0.305 e. The summed E-state index contributed by atoms with van der Waals surface area (Å²) < 4.78 is 33.9. The largest absolute Gasteiger partial charge is 0.469 e. The molecule has 166 valence electrons. The quantitative estimate of drug-likeness (QED) is 0.175. The Bertz CT molecular complexity index is 652. The Balaban J connectivity index is 1.89. The Labute approximate surface area is 177 Å². The maximum atomic E-state index is 12.1. The zero-order valence-electron chi connectivity index (χ0n) is 18.2. The van der Waals surface area contributed by atoms with Crippen LogP contribution in [0.5, 0.6) is 0 Å². The van der Waals surface area contributed by atoms with Crippen LogP contribution in [0.4, 0.5) is 0 Å². The van der Waals surface area contributed by atoms with E-state index < -0.39 is 10.1 Å². The van der Waals surface area contributed by atoms with Gasteiger partial charge in [0.1, 0.15) is 0 Å². The van der Waals surface area contributed by atoms with Crippen LogP contribution in [0.1, 0.15) is 89.0 Å². The summed E-state index contributed by atoms with van der Waals surface area (Å²) in [5.74, 6) is -0.107. The molecule has 0 aliphatic rings. The molecule has 5 nitrogen and oxygen atoms in total. The van der Waals surface area contributed by atoms with Crippen molar-refractivity contribution in [3.8, 4) is 0 Å². The molecule has 0 aliphatic heterocycles. The van der Waals surface area contributed by atoms with Gasteiger partial charge in [-0.2, -0.15) is 8.42 Å². The molecule has 29 heavy (non-hydrogen) atoms. The van der Waals surface area contributed by atoms with Gasteiger partial charge in [0.2, 0.25) is 0 Å².